The first-order valence-corrected chi connectivity index (χ1v) is 12.7. The van der Waals surface area contributed by atoms with Crippen LogP contribution in [0.4, 0.5) is 10.1 Å². The van der Waals surface area contributed by atoms with Crippen LogP contribution in [0.15, 0.2) is 63.1 Å². The fraction of sp³-hybridized carbons (Fsp3) is 0.280. The van der Waals surface area contributed by atoms with Gasteiger partial charge in [-0.1, -0.05) is 30.0 Å². The number of carbonyl (C=O) groups is 2. The molecule has 0 unspecified atom stereocenters. The summed E-state index contributed by atoms with van der Waals surface area (Å²) in [5.41, 5.74) is 2.17. The molecule has 10 nitrogen and oxygen atoms in total. The van der Waals surface area contributed by atoms with Crippen molar-refractivity contribution in [1.29, 1.82) is 0 Å². The van der Waals surface area contributed by atoms with Crippen molar-refractivity contribution in [2.45, 2.75) is 18.7 Å². The van der Waals surface area contributed by atoms with Crippen molar-refractivity contribution in [2.75, 3.05) is 36.8 Å². The van der Waals surface area contributed by atoms with E-state index < -0.39 is 11.4 Å². The molecule has 192 valence electrons. The van der Waals surface area contributed by atoms with Crippen LogP contribution in [0.5, 0.6) is 0 Å². The Bertz CT molecular complexity index is 1470. The molecule has 2 aromatic carbocycles. The number of nitrogens with zero attached hydrogens (tertiary/aromatic N) is 4. The van der Waals surface area contributed by atoms with Crippen LogP contribution < -0.4 is 15.8 Å². The average molecular weight is 525 g/mol. The minimum atomic E-state index is -0.620. The van der Waals surface area contributed by atoms with Gasteiger partial charge in [-0.3, -0.25) is 9.59 Å². The van der Waals surface area contributed by atoms with E-state index in [2.05, 4.69) is 15.3 Å². The van der Waals surface area contributed by atoms with Gasteiger partial charge in [0.15, 0.2) is 5.16 Å². The largest absolute Gasteiger partial charge is 0.366 e. The molecule has 0 radical (unpaired) electrons. The second-order valence-electron chi connectivity index (χ2n) is 8.61. The minimum Gasteiger partial charge on any atom is -0.366 e. The number of aromatic nitrogens is 3. The van der Waals surface area contributed by atoms with Gasteiger partial charge in [-0.25, -0.2) is 14.2 Å². The Morgan fingerprint density at radius 1 is 1.16 bits per heavy atom. The predicted octanol–water partition coefficient (Wildman–Crippen LogP) is 2.66. The fourth-order valence-electron chi connectivity index (χ4n) is 4.19. The van der Waals surface area contributed by atoms with Gasteiger partial charge in [0.2, 0.25) is 11.8 Å². The molecule has 2 N–H and O–H groups in total. The molecule has 1 aliphatic rings. The molecule has 5 rings (SSSR count). The molecule has 0 aliphatic carbocycles. The third-order valence-corrected chi connectivity index (χ3v) is 6.97. The second-order valence-corrected chi connectivity index (χ2v) is 9.58. The molecular formula is C25H25FN6O4S. The van der Waals surface area contributed by atoms with Crippen LogP contribution in [0, 0.1) is 5.82 Å². The van der Waals surface area contributed by atoms with Crippen LogP contribution in [0.25, 0.3) is 22.2 Å². The van der Waals surface area contributed by atoms with Gasteiger partial charge in [0.25, 0.3) is 0 Å². The van der Waals surface area contributed by atoms with E-state index in [9.17, 15) is 14.4 Å². The van der Waals surface area contributed by atoms with E-state index in [1.807, 2.05) is 29.2 Å². The highest BCUT2D eigenvalue weighted by Crippen LogP contribution is 2.27. The number of rotatable bonds is 7. The average Bonchev–Trinajstić information content (AvgIpc) is 3.49. The lowest BCUT2D eigenvalue weighted by Gasteiger charge is -2.36. The Hall–Kier alpha value is -4.06. The van der Waals surface area contributed by atoms with Gasteiger partial charge in [-0.05, 0) is 29.8 Å². The lowest BCUT2D eigenvalue weighted by Crippen LogP contribution is -2.49. The lowest BCUT2D eigenvalue weighted by atomic mass is 10.1. The summed E-state index contributed by atoms with van der Waals surface area (Å²) in [6.07, 6.45) is 1.43. The number of aromatic amines is 1. The van der Waals surface area contributed by atoms with Crippen LogP contribution in [-0.4, -0.2) is 63.4 Å². The van der Waals surface area contributed by atoms with Crippen molar-refractivity contribution < 1.29 is 18.5 Å². The summed E-state index contributed by atoms with van der Waals surface area (Å²) in [6.45, 7) is 3.31. The molecule has 37 heavy (non-hydrogen) atoms. The maximum Gasteiger partial charge on any atom is 0.365 e. The summed E-state index contributed by atoms with van der Waals surface area (Å²) in [4.78, 5) is 47.3. The predicted molar refractivity (Wildman–Crippen MR) is 138 cm³/mol. The Morgan fingerprint density at radius 2 is 1.95 bits per heavy atom. The number of fused-ring (bicyclic) bond motifs is 1. The van der Waals surface area contributed by atoms with Gasteiger partial charge in [-0.2, -0.15) is 4.74 Å². The maximum absolute atomic E-state index is 15.0. The monoisotopic (exact) mass is 524 g/mol. The number of imidazole rings is 1. The highest BCUT2D eigenvalue weighted by Gasteiger charge is 2.24. The smallest absolute Gasteiger partial charge is 0.365 e. The zero-order valence-corrected chi connectivity index (χ0v) is 20.9. The number of carbonyl (C=O) groups excluding carboxylic acids is 2. The number of thioether (sulfide) groups is 1. The van der Waals surface area contributed by atoms with Crippen LogP contribution >= 0.6 is 11.8 Å². The second kappa shape index (κ2) is 10.5. The molecule has 2 aromatic heterocycles. The number of benzene rings is 2. The number of halogens is 1. The summed E-state index contributed by atoms with van der Waals surface area (Å²) in [6, 6.07) is 12.3. The molecule has 0 saturated carbocycles. The maximum atomic E-state index is 15.0. The van der Waals surface area contributed by atoms with Gasteiger partial charge >= 0.3 is 5.63 Å². The van der Waals surface area contributed by atoms with Crippen molar-refractivity contribution in [3.8, 4) is 11.1 Å². The molecule has 1 saturated heterocycles. The third kappa shape index (κ3) is 5.53. The Labute approximate surface area is 215 Å². The van der Waals surface area contributed by atoms with E-state index in [1.165, 1.54) is 35.7 Å². The number of nitrogens with one attached hydrogen (secondary N) is 2. The van der Waals surface area contributed by atoms with Crippen LogP contribution in [-0.2, 0) is 16.3 Å². The summed E-state index contributed by atoms with van der Waals surface area (Å²) in [5.74, 6) is -0.448. The topological polar surface area (TPSA) is 116 Å². The summed E-state index contributed by atoms with van der Waals surface area (Å²) < 4.78 is 21.3. The van der Waals surface area contributed by atoms with Crippen LogP contribution in [0.3, 0.4) is 0 Å². The molecule has 1 fully saturated rings. The third-order valence-electron chi connectivity index (χ3n) is 6.11. The Morgan fingerprint density at radius 3 is 2.68 bits per heavy atom. The quantitative estimate of drug-likeness (QED) is 0.357. The molecule has 12 heteroatoms. The van der Waals surface area contributed by atoms with E-state index in [-0.39, 0.29) is 29.8 Å². The number of para-hydroxylation sites is 2. The number of amides is 2. The van der Waals surface area contributed by atoms with Crippen LogP contribution in [0.1, 0.15) is 6.92 Å². The minimum absolute atomic E-state index is 0.00488. The first kappa shape index (κ1) is 24.6. The summed E-state index contributed by atoms with van der Waals surface area (Å²) in [7, 11) is 0. The first-order chi connectivity index (χ1) is 17.9. The standard InChI is InChI=1S/C25H25FN6O4S/c1-16(33)27-15-32-13-18(24(35)36-32)17-6-7-22(19(26)12-17)30-8-10-31(11-9-30)23(34)14-37-25-28-20-4-2-3-5-21(20)29-25/h2-7,12-13H,8-11,14-15H2,1H3,(H,27,33)(H,28,29). The number of hydrogen-bond donors (Lipinski definition) is 2. The number of H-pyrrole nitrogens is 1. The van der Waals surface area contributed by atoms with E-state index in [1.54, 1.807) is 17.0 Å². The van der Waals surface area contributed by atoms with Crippen molar-refractivity contribution in [3.05, 3.63) is 64.9 Å². The number of anilines is 1. The van der Waals surface area contributed by atoms with Gasteiger partial charge in [0, 0.05) is 33.1 Å². The molecule has 0 bridgehead atoms. The van der Waals surface area contributed by atoms with Gasteiger partial charge in [-0.15, -0.1) is 0 Å². The van der Waals surface area contributed by atoms with E-state index >= 15 is 4.39 Å². The van der Waals surface area contributed by atoms with Crippen molar-refractivity contribution in [3.63, 3.8) is 0 Å². The Balaban J connectivity index is 1.17. The van der Waals surface area contributed by atoms with E-state index in [4.69, 9.17) is 4.52 Å². The highest BCUT2D eigenvalue weighted by molar-refractivity contribution is 7.99. The fourth-order valence-corrected chi connectivity index (χ4v) is 4.97. The molecule has 2 amide bonds. The van der Waals surface area contributed by atoms with Gasteiger partial charge in [0.05, 0.1) is 34.2 Å². The molecule has 4 aromatic rings. The number of hydrogen-bond acceptors (Lipinski definition) is 7. The van der Waals surface area contributed by atoms with Crippen molar-refractivity contribution in [1.82, 2.24) is 24.9 Å². The van der Waals surface area contributed by atoms with Crippen LogP contribution in [0.2, 0.25) is 0 Å². The number of piperazine rings is 1. The molecular weight excluding hydrogens is 499 g/mol. The lowest BCUT2D eigenvalue weighted by molar-refractivity contribution is -0.128. The first-order valence-electron chi connectivity index (χ1n) is 11.7. The molecule has 0 spiro atoms. The summed E-state index contributed by atoms with van der Waals surface area (Å²) in [5, 5.41) is 3.23. The van der Waals surface area contributed by atoms with Crippen molar-refractivity contribution >= 4 is 40.3 Å². The normalized spacial score (nSPS) is 13.8. The molecule has 0 atom stereocenters. The molecule has 1 aliphatic heterocycles. The SMILES string of the molecule is CC(=O)NCn1cc(-c2ccc(N3CCN(C(=O)CSc4nc5ccccc5[nH]4)CC3)c(F)c2)c(=O)o1. The van der Waals surface area contributed by atoms with Gasteiger partial charge < -0.3 is 24.6 Å². The molecule has 3 heterocycles. The van der Waals surface area contributed by atoms with E-state index in [0.717, 1.165) is 11.0 Å². The highest BCUT2D eigenvalue weighted by atomic mass is 32.2. The zero-order chi connectivity index (χ0) is 25.9. The summed E-state index contributed by atoms with van der Waals surface area (Å²) >= 11 is 1.37. The van der Waals surface area contributed by atoms with Gasteiger partial charge in [0.1, 0.15) is 12.5 Å². The Kier molecular flexibility index (Phi) is 6.99. The zero-order valence-electron chi connectivity index (χ0n) is 20.1. The van der Waals surface area contributed by atoms with Crippen molar-refractivity contribution in [2.24, 2.45) is 0 Å². The van der Waals surface area contributed by atoms with E-state index in [0.29, 0.717) is 42.6 Å².